The average Bonchev–Trinajstić information content (AvgIpc) is 2.85. The zero-order valence-corrected chi connectivity index (χ0v) is 11.8. The van der Waals surface area contributed by atoms with Crippen LogP contribution in [0, 0.1) is 17.0 Å². The van der Waals surface area contributed by atoms with E-state index >= 15 is 0 Å². The number of aromatic nitrogens is 2. The van der Waals surface area contributed by atoms with Gasteiger partial charge in [-0.1, -0.05) is 0 Å². The van der Waals surface area contributed by atoms with Crippen LogP contribution in [0.5, 0.6) is 0 Å². The van der Waals surface area contributed by atoms with E-state index in [0.29, 0.717) is 18.2 Å². The first-order valence-corrected chi connectivity index (χ1v) is 6.49. The van der Waals surface area contributed by atoms with Crippen LogP contribution >= 0.6 is 0 Å². The fraction of sp³-hybridized carbons (Fsp3) is 0.357. The zero-order chi connectivity index (χ0) is 14.7. The summed E-state index contributed by atoms with van der Waals surface area (Å²) in [5.74, 6) is 0. The van der Waals surface area contributed by atoms with Crippen molar-refractivity contribution in [1.29, 1.82) is 0 Å². The molecule has 0 fully saturated rings. The van der Waals surface area contributed by atoms with Gasteiger partial charge in [0.15, 0.2) is 0 Å². The molecule has 2 rings (SSSR count). The van der Waals surface area contributed by atoms with Gasteiger partial charge in [0, 0.05) is 41.7 Å². The number of nitro groups is 1. The Morgan fingerprint density at radius 1 is 1.45 bits per heavy atom. The monoisotopic (exact) mass is 274 g/mol. The summed E-state index contributed by atoms with van der Waals surface area (Å²) in [4.78, 5) is 10.4. The van der Waals surface area contributed by atoms with Crippen LogP contribution in [-0.4, -0.2) is 14.7 Å². The summed E-state index contributed by atoms with van der Waals surface area (Å²) in [7, 11) is 0. The maximum absolute atomic E-state index is 10.8. The van der Waals surface area contributed by atoms with Crippen LogP contribution in [0.15, 0.2) is 30.6 Å². The normalized spacial score (nSPS) is 10.8. The van der Waals surface area contributed by atoms with E-state index in [1.165, 1.54) is 6.07 Å². The molecule has 6 heteroatoms. The lowest BCUT2D eigenvalue weighted by atomic mass is 10.2. The molecule has 6 nitrogen and oxygen atoms in total. The number of nitrogens with zero attached hydrogens (tertiary/aromatic N) is 3. The van der Waals surface area contributed by atoms with E-state index in [9.17, 15) is 10.1 Å². The Bertz CT molecular complexity index is 619. The van der Waals surface area contributed by atoms with Crippen LogP contribution in [0.4, 0.5) is 11.4 Å². The molecule has 106 valence electrons. The summed E-state index contributed by atoms with van der Waals surface area (Å²) < 4.78 is 1.90. The van der Waals surface area contributed by atoms with Gasteiger partial charge in [0.1, 0.15) is 0 Å². The molecule has 20 heavy (non-hydrogen) atoms. The molecule has 0 aliphatic rings. The molecule has 1 heterocycles. The Hall–Kier alpha value is -2.37. The van der Waals surface area contributed by atoms with Gasteiger partial charge in [-0.3, -0.25) is 14.8 Å². The number of hydrogen-bond acceptors (Lipinski definition) is 4. The molecule has 0 spiro atoms. The fourth-order valence-electron chi connectivity index (χ4n) is 1.93. The number of rotatable bonds is 5. The van der Waals surface area contributed by atoms with Crippen molar-refractivity contribution < 1.29 is 4.92 Å². The summed E-state index contributed by atoms with van der Waals surface area (Å²) in [6.45, 7) is 6.53. The van der Waals surface area contributed by atoms with Crippen LogP contribution in [0.3, 0.4) is 0 Å². The minimum absolute atomic E-state index is 0.142. The lowest BCUT2D eigenvalue weighted by Gasteiger charge is -2.06. The first-order chi connectivity index (χ1) is 9.47. The summed E-state index contributed by atoms with van der Waals surface area (Å²) in [6, 6.07) is 5.36. The highest BCUT2D eigenvalue weighted by Crippen LogP contribution is 2.22. The Kier molecular flexibility index (Phi) is 4.02. The van der Waals surface area contributed by atoms with Crippen molar-refractivity contribution in [3.63, 3.8) is 0 Å². The zero-order valence-electron chi connectivity index (χ0n) is 11.8. The molecule has 0 unspecified atom stereocenters. The Morgan fingerprint density at radius 2 is 2.20 bits per heavy atom. The Morgan fingerprint density at radius 3 is 2.75 bits per heavy atom. The van der Waals surface area contributed by atoms with Crippen LogP contribution < -0.4 is 5.32 Å². The van der Waals surface area contributed by atoms with Crippen LogP contribution in [-0.2, 0) is 6.54 Å². The molecular weight excluding hydrogens is 256 g/mol. The minimum atomic E-state index is -0.369. The second kappa shape index (κ2) is 5.73. The molecule has 0 amide bonds. The second-order valence-corrected chi connectivity index (χ2v) is 5.03. The highest BCUT2D eigenvalue weighted by atomic mass is 16.6. The molecule has 1 N–H and O–H groups in total. The van der Waals surface area contributed by atoms with Gasteiger partial charge in [0.25, 0.3) is 5.69 Å². The van der Waals surface area contributed by atoms with Crippen molar-refractivity contribution in [2.75, 3.05) is 5.32 Å². The maximum Gasteiger partial charge on any atom is 0.272 e. The summed E-state index contributed by atoms with van der Waals surface area (Å²) >= 11 is 0. The lowest BCUT2D eigenvalue weighted by molar-refractivity contribution is -0.385. The summed E-state index contributed by atoms with van der Waals surface area (Å²) in [5.41, 5.74) is 2.74. The highest BCUT2D eigenvalue weighted by Gasteiger charge is 2.10. The molecule has 0 bridgehead atoms. The fourth-order valence-corrected chi connectivity index (χ4v) is 1.93. The molecule has 1 aromatic carbocycles. The van der Waals surface area contributed by atoms with Crippen LogP contribution in [0.1, 0.15) is 31.0 Å². The number of hydrogen-bond donors (Lipinski definition) is 1. The van der Waals surface area contributed by atoms with Crippen molar-refractivity contribution in [3.8, 4) is 0 Å². The Labute approximate surface area is 117 Å². The van der Waals surface area contributed by atoms with Gasteiger partial charge in [0.05, 0.1) is 11.1 Å². The molecule has 0 atom stereocenters. The summed E-state index contributed by atoms with van der Waals surface area (Å²) in [6.07, 6.45) is 3.82. The Balaban J connectivity index is 2.03. The molecule has 0 radical (unpaired) electrons. The van der Waals surface area contributed by atoms with Crippen LogP contribution in [0.25, 0.3) is 0 Å². The average molecular weight is 274 g/mol. The van der Waals surface area contributed by atoms with E-state index in [0.717, 1.165) is 11.3 Å². The number of anilines is 1. The van der Waals surface area contributed by atoms with Crippen molar-refractivity contribution in [2.24, 2.45) is 0 Å². The highest BCUT2D eigenvalue weighted by molar-refractivity contribution is 5.53. The third-order valence-corrected chi connectivity index (χ3v) is 3.07. The molecular formula is C14H18N4O2. The topological polar surface area (TPSA) is 73.0 Å². The second-order valence-electron chi connectivity index (χ2n) is 5.03. The smallest absolute Gasteiger partial charge is 0.272 e. The molecule has 0 saturated carbocycles. The van der Waals surface area contributed by atoms with Crippen LogP contribution in [0.2, 0.25) is 0 Å². The predicted molar refractivity (Wildman–Crippen MR) is 77.8 cm³/mol. The van der Waals surface area contributed by atoms with E-state index < -0.39 is 0 Å². The van der Waals surface area contributed by atoms with Gasteiger partial charge in [-0.2, -0.15) is 5.10 Å². The number of benzene rings is 1. The standard InChI is InChI=1S/C14H18N4O2/c1-10(2)17-9-12(8-16-17)7-15-13-4-5-14(18(19)20)11(3)6-13/h4-6,8-10,15H,7H2,1-3H3. The molecule has 2 aromatic rings. The third-order valence-electron chi connectivity index (χ3n) is 3.07. The van der Waals surface area contributed by atoms with Crippen molar-refractivity contribution in [3.05, 3.63) is 51.8 Å². The SMILES string of the molecule is Cc1cc(NCc2cnn(C(C)C)c2)ccc1[N+](=O)[O-]. The van der Waals surface area contributed by atoms with Gasteiger partial charge >= 0.3 is 0 Å². The third kappa shape index (κ3) is 3.14. The van der Waals surface area contributed by atoms with Gasteiger partial charge in [0.2, 0.25) is 0 Å². The largest absolute Gasteiger partial charge is 0.381 e. The van der Waals surface area contributed by atoms with E-state index in [1.807, 2.05) is 17.1 Å². The molecule has 0 saturated heterocycles. The first-order valence-electron chi connectivity index (χ1n) is 6.49. The van der Waals surface area contributed by atoms with E-state index in [1.54, 1.807) is 19.1 Å². The van der Waals surface area contributed by atoms with Gasteiger partial charge in [-0.15, -0.1) is 0 Å². The van der Waals surface area contributed by atoms with Crippen molar-refractivity contribution >= 4 is 11.4 Å². The van der Waals surface area contributed by atoms with Gasteiger partial charge < -0.3 is 5.32 Å². The van der Waals surface area contributed by atoms with E-state index in [2.05, 4.69) is 24.3 Å². The molecule has 0 aliphatic heterocycles. The van der Waals surface area contributed by atoms with Crippen molar-refractivity contribution in [2.45, 2.75) is 33.4 Å². The maximum atomic E-state index is 10.8. The molecule has 0 aliphatic carbocycles. The lowest BCUT2D eigenvalue weighted by Crippen LogP contribution is -2.01. The summed E-state index contributed by atoms with van der Waals surface area (Å²) in [5, 5.41) is 18.3. The minimum Gasteiger partial charge on any atom is -0.381 e. The van der Waals surface area contributed by atoms with Gasteiger partial charge in [-0.05, 0) is 32.9 Å². The predicted octanol–water partition coefficient (Wildman–Crippen LogP) is 3.29. The quantitative estimate of drug-likeness (QED) is 0.670. The number of nitro benzene ring substituents is 1. The van der Waals surface area contributed by atoms with E-state index in [-0.39, 0.29) is 10.6 Å². The number of aryl methyl sites for hydroxylation is 1. The number of nitrogens with one attached hydrogen (secondary N) is 1. The molecule has 1 aromatic heterocycles. The first kappa shape index (κ1) is 14.0. The van der Waals surface area contributed by atoms with Gasteiger partial charge in [-0.25, -0.2) is 0 Å². The van der Waals surface area contributed by atoms with Crippen molar-refractivity contribution in [1.82, 2.24) is 9.78 Å². The van der Waals surface area contributed by atoms with E-state index in [4.69, 9.17) is 0 Å².